The second-order valence-corrected chi connectivity index (χ2v) is 5.26. The minimum absolute atomic E-state index is 0.0370. The number of ketones is 1. The van der Waals surface area contributed by atoms with Crippen LogP contribution in [-0.4, -0.2) is 28.7 Å². The highest BCUT2D eigenvalue weighted by molar-refractivity contribution is 5.86. The Balaban J connectivity index is 2.01. The zero-order chi connectivity index (χ0) is 10.5. The summed E-state index contributed by atoms with van der Waals surface area (Å²) in [6.07, 6.45) is 6.29. The Kier molecular flexibility index (Phi) is 1.91. The highest BCUT2D eigenvalue weighted by atomic mass is 16.2. The van der Waals surface area contributed by atoms with Crippen molar-refractivity contribution in [2.24, 2.45) is 5.92 Å². The predicted octanol–water partition coefficient (Wildman–Crippen LogP) is 1.51. The van der Waals surface area contributed by atoms with Crippen LogP contribution in [0.5, 0.6) is 0 Å². The molecule has 1 amide bonds. The molecule has 0 aromatic carbocycles. The van der Waals surface area contributed by atoms with E-state index in [-0.39, 0.29) is 5.54 Å². The summed E-state index contributed by atoms with van der Waals surface area (Å²) in [5, 5.41) is 0. The topological polar surface area (TPSA) is 37.4 Å². The number of Topliss-reactive ketones (excluding diaryl/α,β-unsaturated/α-hetero) is 1. The molecule has 0 bridgehead atoms. The molecule has 3 aliphatic rings. The van der Waals surface area contributed by atoms with Crippen molar-refractivity contribution in [3.8, 4) is 0 Å². The summed E-state index contributed by atoms with van der Waals surface area (Å²) in [4.78, 5) is 25.6. The van der Waals surface area contributed by atoms with Crippen molar-refractivity contribution in [2.75, 3.05) is 6.54 Å². The van der Waals surface area contributed by atoms with E-state index in [1.54, 1.807) is 0 Å². The Morgan fingerprint density at radius 1 is 1.27 bits per heavy atom. The van der Waals surface area contributed by atoms with Gasteiger partial charge < -0.3 is 4.90 Å². The fourth-order valence-corrected chi connectivity index (χ4v) is 3.91. The first kappa shape index (κ1) is 9.37. The molecule has 2 unspecified atom stereocenters. The van der Waals surface area contributed by atoms with Gasteiger partial charge >= 0.3 is 0 Å². The van der Waals surface area contributed by atoms with E-state index in [4.69, 9.17) is 0 Å². The third-order valence-electron chi connectivity index (χ3n) is 4.51. The van der Waals surface area contributed by atoms with Gasteiger partial charge in [0.1, 0.15) is 5.78 Å². The molecule has 2 aliphatic heterocycles. The quantitative estimate of drug-likeness (QED) is 0.604. The van der Waals surface area contributed by atoms with E-state index in [1.165, 1.54) is 0 Å². The molecule has 15 heavy (non-hydrogen) atoms. The Morgan fingerprint density at radius 3 is 3.00 bits per heavy atom. The van der Waals surface area contributed by atoms with Crippen molar-refractivity contribution in [2.45, 2.75) is 50.5 Å². The Labute approximate surface area is 89.8 Å². The van der Waals surface area contributed by atoms with Crippen LogP contribution in [0, 0.1) is 5.92 Å². The highest BCUT2D eigenvalue weighted by Crippen LogP contribution is 2.49. The van der Waals surface area contributed by atoms with Crippen molar-refractivity contribution in [3.05, 3.63) is 0 Å². The van der Waals surface area contributed by atoms with Crippen LogP contribution in [0.2, 0.25) is 0 Å². The smallest absolute Gasteiger partial charge is 0.223 e. The molecule has 0 radical (unpaired) electrons. The van der Waals surface area contributed by atoms with E-state index >= 15 is 0 Å². The molecule has 3 heteroatoms. The second-order valence-electron chi connectivity index (χ2n) is 5.26. The van der Waals surface area contributed by atoms with Crippen molar-refractivity contribution < 1.29 is 9.59 Å². The van der Waals surface area contributed by atoms with Crippen molar-refractivity contribution in [3.63, 3.8) is 0 Å². The third-order valence-corrected chi connectivity index (χ3v) is 4.51. The second kappa shape index (κ2) is 3.06. The van der Waals surface area contributed by atoms with Gasteiger partial charge in [-0.3, -0.25) is 9.59 Å². The van der Waals surface area contributed by atoms with Crippen LogP contribution in [0.4, 0.5) is 0 Å². The maximum absolute atomic E-state index is 12.0. The maximum atomic E-state index is 12.0. The number of hydrogen-bond acceptors (Lipinski definition) is 2. The number of hydrogen-bond donors (Lipinski definition) is 0. The van der Waals surface area contributed by atoms with Crippen LogP contribution in [-0.2, 0) is 9.59 Å². The van der Waals surface area contributed by atoms with Gasteiger partial charge in [0.05, 0.1) is 5.54 Å². The van der Waals surface area contributed by atoms with E-state index in [0.717, 1.165) is 38.6 Å². The molecule has 2 heterocycles. The van der Waals surface area contributed by atoms with Crippen LogP contribution in [0.25, 0.3) is 0 Å². The molecule has 3 rings (SSSR count). The summed E-state index contributed by atoms with van der Waals surface area (Å²) in [5.74, 6) is 1.14. The van der Waals surface area contributed by atoms with Gasteiger partial charge in [0.25, 0.3) is 0 Å². The molecule has 1 aliphatic carbocycles. The van der Waals surface area contributed by atoms with Crippen molar-refractivity contribution in [1.29, 1.82) is 0 Å². The normalized spacial score (nSPS) is 40.3. The number of rotatable bonds is 0. The predicted molar refractivity (Wildman–Crippen MR) is 55.3 cm³/mol. The SMILES string of the molecule is O=C1CC2CCCC(=O)N3CCCC23C1. The molecule has 1 spiro atoms. The van der Waals surface area contributed by atoms with E-state index in [0.29, 0.717) is 30.4 Å². The van der Waals surface area contributed by atoms with Gasteiger partial charge in [0, 0.05) is 25.8 Å². The fraction of sp³-hybridized carbons (Fsp3) is 0.833. The van der Waals surface area contributed by atoms with Gasteiger partial charge in [0.2, 0.25) is 5.91 Å². The molecule has 82 valence electrons. The monoisotopic (exact) mass is 207 g/mol. The Hall–Kier alpha value is -0.860. The lowest BCUT2D eigenvalue weighted by molar-refractivity contribution is -0.135. The first-order valence-electron chi connectivity index (χ1n) is 6.04. The minimum atomic E-state index is -0.0370. The summed E-state index contributed by atoms with van der Waals surface area (Å²) in [6.45, 7) is 0.891. The zero-order valence-corrected chi connectivity index (χ0v) is 9.00. The number of carbonyl (C=O) groups is 2. The Morgan fingerprint density at radius 2 is 2.13 bits per heavy atom. The lowest BCUT2D eigenvalue weighted by Gasteiger charge is -2.37. The van der Waals surface area contributed by atoms with Crippen LogP contribution >= 0.6 is 0 Å². The summed E-state index contributed by atoms with van der Waals surface area (Å²) >= 11 is 0. The number of carbonyl (C=O) groups excluding carboxylic acids is 2. The van der Waals surface area contributed by atoms with Gasteiger partial charge in [0.15, 0.2) is 0 Å². The number of amides is 1. The average molecular weight is 207 g/mol. The molecule has 0 N–H and O–H groups in total. The van der Waals surface area contributed by atoms with Gasteiger partial charge in [-0.05, 0) is 31.6 Å². The standard InChI is InChI=1S/C12H17NO2/c14-10-7-9-3-1-4-11(15)13-6-2-5-12(9,13)8-10/h9H,1-8H2. The van der Waals surface area contributed by atoms with Gasteiger partial charge in [-0.25, -0.2) is 0 Å². The zero-order valence-electron chi connectivity index (χ0n) is 9.00. The van der Waals surface area contributed by atoms with Crippen molar-refractivity contribution in [1.82, 2.24) is 4.90 Å². The molecular formula is C12H17NO2. The van der Waals surface area contributed by atoms with Crippen molar-refractivity contribution >= 4 is 11.7 Å². The lowest BCUT2D eigenvalue weighted by atomic mass is 9.83. The summed E-state index contributed by atoms with van der Waals surface area (Å²) in [6, 6.07) is 0. The summed E-state index contributed by atoms with van der Waals surface area (Å²) < 4.78 is 0. The first-order valence-corrected chi connectivity index (χ1v) is 6.04. The molecule has 3 fully saturated rings. The van der Waals surface area contributed by atoms with Crippen LogP contribution in [0.15, 0.2) is 0 Å². The maximum Gasteiger partial charge on any atom is 0.223 e. The highest BCUT2D eigenvalue weighted by Gasteiger charge is 2.54. The molecule has 0 aromatic heterocycles. The molecule has 2 saturated heterocycles. The first-order chi connectivity index (χ1) is 7.22. The minimum Gasteiger partial charge on any atom is -0.336 e. The van der Waals surface area contributed by atoms with Gasteiger partial charge in [-0.2, -0.15) is 0 Å². The van der Waals surface area contributed by atoms with E-state index in [1.807, 2.05) is 0 Å². The third kappa shape index (κ3) is 1.18. The van der Waals surface area contributed by atoms with Crippen LogP contribution in [0.3, 0.4) is 0 Å². The van der Waals surface area contributed by atoms with Gasteiger partial charge in [-0.1, -0.05) is 0 Å². The van der Waals surface area contributed by atoms with E-state index in [2.05, 4.69) is 4.90 Å². The van der Waals surface area contributed by atoms with E-state index < -0.39 is 0 Å². The van der Waals surface area contributed by atoms with Gasteiger partial charge in [-0.15, -0.1) is 0 Å². The summed E-state index contributed by atoms with van der Waals surface area (Å²) in [7, 11) is 0. The largest absolute Gasteiger partial charge is 0.336 e. The molecular weight excluding hydrogens is 190 g/mol. The molecule has 2 atom stereocenters. The van der Waals surface area contributed by atoms with Crippen LogP contribution < -0.4 is 0 Å². The number of nitrogens with zero attached hydrogens (tertiary/aromatic N) is 1. The van der Waals surface area contributed by atoms with E-state index in [9.17, 15) is 9.59 Å². The van der Waals surface area contributed by atoms with Crippen LogP contribution in [0.1, 0.15) is 44.9 Å². The molecule has 1 saturated carbocycles. The molecule has 0 aromatic rings. The average Bonchev–Trinajstić information content (AvgIpc) is 2.70. The lowest BCUT2D eigenvalue weighted by Crippen LogP contribution is -2.48. The molecule has 3 nitrogen and oxygen atoms in total. The fourth-order valence-electron chi connectivity index (χ4n) is 3.91. The Bertz CT molecular complexity index is 326. The summed E-state index contributed by atoms with van der Waals surface area (Å²) in [5.41, 5.74) is -0.0370.